The molecular formula is C19H32N2. The predicted octanol–water partition coefficient (Wildman–Crippen LogP) is 4.15. The number of nitrogens with zero attached hydrogens (tertiary/aromatic N) is 1. The van der Waals surface area contributed by atoms with Gasteiger partial charge in [0.2, 0.25) is 0 Å². The number of benzene rings is 1. The van der Waals surface area contributed by atoms with E-state index < -0.39 is 0 Å². The maximum atomic E-state index is 3.71. The van der Waals surface area contributed by atoms with Crippen LogP contribution in [0.15, 0.2) is 24.3 Å². The molecule has 118 valence electrons. The van der Waals surface area contributed by atoms with Crippen molar-refractivity contribution in [2.75, 3.05) is 13.1 Å². The van der Waals surface area contributed by atoms with Crippen molar-refractivity contribution in [3.8, 4) is 0 Å². The summed E-state index contributed by atoms with van der Waals surface area (Å²) in [5.41, 5.74) is 2.76. The lowest BCUT2D eigenvalue weighted by molar-refractivity contribution is 0.127. The van der Waals surface area contributed by atoms with E-state index in [1.807, 2.05) is 0 Å². The number of hydrogen-bond donors (Lipinski definition) is 1. The normalized spacial score (nSPS) is 22.7. The molecule has 1 aliphatic heterocycles. The Morgan fingerprint density at radius 1 is 1.19 bits per heavy atom. The molecule has 2 heteroatoms. The molecule has 0 aromatic heterocycles. The highest BCUT2D eigenvalue weighted by atomic mass is 15.2. The van der Waals surface area contributed by atoms with Gasteiger partial charge in [0.05, 0.1) is 0 Å². The maximum absolute atomic E-state index is 3.71. The van der Waals surface area contributed by atoms with E-state index >= 15 is 0 Å². The SMILES string of the molecule is CCNC(c1ccc(C)cc1)C(C)N1CCCC1C(C)C. The topological polar surface area (TPSA) is 15.3 Å². The molecule has 2 rings (SSSR count). The third kappa shape index (κ3) is 3.87. The van der Waals surface area contributed by atoms with Gasteiger partial charge in [-0.05, 0) is 51.3 Å². The van der Waals surface area contributed by atoms with E-state index in [0.717, 1.165) is 18.5 Å². The standard InChI is InChI=1S/C19H32N2/c1-6-20-19(17-11-9-15(4)10-12-17)16(5)21-13-7-8-18(21)14(2)3/h9-12,14,16,18-20H,6-8,13H2,1-5H3. The first-order valence-corrected chi connectivity index (χ1v) is 8.60. The molecule has 0 aliphatic carbocycles. The highest BCUT2D eigenvalue weighted by Gasteiger charge is 2.34. The van der Waals surface area contributed by atoms with Gasteiger partial charge in [-0.1, -0.05) is 50.6 Å². The van der Waals surface area contributed by atoms with E-state index in [4.69, 9.17) is 0 Å². The fourth-order valence-electron chi connectivity index (χ4n) is 3.79. The molecule has 3 atom stereocenters. The summed E-state index contributed by atoms with van der Waals surface area (Å²) in [6, 6.07) is 10.8. The van der Waals surface area contributed by atoms with Gasteiger partial charge < -0.3 is 5.32 Å². The zero-order chi connectivity index (χ0) is 15.4. The second-order valence-corrected chi connectivity index (χ2v) is 6.88. The van der Waals surface area contributed by atoms with Crippen LogP contribution in [0.1, 0.15) is 57.7 Å². The minimum absolute atomic E-state index is 0.426. The van der Waals surface area contributed by atoms with E-state index in [1.54, 1.807) is 0 Å². The summed E-state index contributed by atoms with van der Waals surface area (Å²) in [5.74, 6) is 0.746. The molecule has 0 bridgehead atoms. The van der Waals surface area contributed by atoms with Gasteiger partial charge in [-0.3, -0.25) is 4.90 Å². The minimum Gasteiger partial charge on any atom is -0.309 e. The van der Waals surface area contributed by atoms with Crippen LogP contribution in [0.3, 0.4) is 0 Å². The molecule has 1 fully saturated rings. The van der Waals surface area contributed by atoms with Crippen LogP contribution >= 0.6 is 0 Å². The van der Waals surface area contributed by atoms with Crippen molar-refractivity contribution in [1.82, 2.24) is 10.2 Å². The highest BCUT2D eigenvalue weighted by Crippen LogP contribution is 2.31. The van der Waals surface area contributed by atoms with E-state index in [0.29, 0.717) is 12.1 Å². The third-order valence-electron chi connectivity index (χ3n) is 4.98. The molecule has 0 radical (unpaired) electrons. The van der Waals surface area contributed by atoms with Crippen molar-refractivity contribution in [1.29, 1.82) is 0 Å². The molecular weight excluding hydrogens is 256 g/mol. The molecule has 1 aromatic rings. The lowest BCUT2D eigenvalue weighted by Gasteiger charge is -2.38. The minimum atomic E-state index is 0.426. The molecule has 0 spiro atoms. The quantitative estimate of drug-likeness (QED) is 0.846. The van der Waals surface area contributed by atoms with Gasteiger partial charge in [-0.2, -0.15) is 0 Å². The molecule has 0 saturated carbocycles. The Morgan fingerprint density at radius 3 is 2.43 bits per heavy atom. The van der Waals surface area contributed by atoms with Crippen LogP contribution in [0.5, 0.6) is 0 Å². The number of rotatable bonds is 6. The first kappa shape index (κ1) is 16.5. The summed E-state index contributed by atoms with van der Waals surface area (Å²) >= 11 is 0. The van der Waals surface area contributed by atoms with E-state index in [9.17, 15) is 0 Å². The van der Waals surface area contributed by atoms with Crippen LogP contribution in [0.4, 0.5) is 0 Å². The molecule has 1 heterocycles. The number of aryl methyl sites for hydroxylation is 1. The molecule has 2 nitrogen and oxygen atoms in total. The van der Waals surface area contributed by atoms with Gasteiger partial charge in [0, 0.05) is 18.1 Å². The van der Waals surface area contributed by atoms with E-state index in [2.05, 4.69) is 69.1 Å². The third-order valence-corrected chi connectivity index (χ3v) is 4.98. The summed E-state index contributed by atoms with van der Waals surface area (Å²) in [6.45, 7) is 13.8. The van der Waals surface area contributed by atoms with Gasteiger partial charge >= 0.3 is 0 Å². The Balaban J connectivity index is 2.18. The summed E-state index contributed by atoms with van der Waals surface area (Å²) in [5, 5.41) is 3.71. The Bertz CT molecular complexity index is 424. The lowest BCUT2D eigenvalue weighted by atomic mass is 9.95. The van der Waals surface area contributed by atoms with Crippen LogP contribution in [0.25, 0.3) is 0 Å². The van der Waals surface area contributed by atoms with Gasteiger partial charge in [0.25, 0.3) is 0 Å². The monoisotopic (exact) mass is 288 g/mol. The van der Waals surface area contributed by atoms with Crippen molar-refractivity contribution < 1.29 is 0 Å². The number of nitrogens with one attached hydrogen (secondary N) is 1. The van der Waals surface area contributed by atoms with Crippen LogP contribution in [-0.2, 0) is 0 Å². The van der Waals surface area contributed by atoms with E-state index in [1.165, 1.54) is 30.5 Å². The Labute approximate surface area is 130 Å². The lowest BCUT2D eigenvalue weighted by Crippen LogP contribution is -2.46. The van der Waals surface area contributed by atoms with Crippen molar-refractivity contribution in [2.24, 2.45) is 5.92 Å². The molecule has 21 heavy (non-hydrogen) atoms. The average Bonchev–Trinajstić information content (AvgIpc) is 2.95. The van der Waals surface area contributed by atoms with Crippen LogP contribution < -0.4 is 5.32 Å². The van der Waals surface area contributed by atoms with Crippen LogP contribution in [-0.4, -0.2) is 30.1 Å². The zero-order valence-corrected chi connectivity index (χ0v) is 14.4. The Kier molecular flexibility index (Phi) is 5.83. The smallest absolute Gasteiger partial charge is 0.0475 e. The second kappa shape index (κ2) is 7.42. The largest absolute Gasteiger partial charge is 0.309 e. The zero-order valence-electron chi connectivity index (χ0n) is 14.4. The average molecular weight is 288 g/mol. The summed E-state index contributed by atoms with van der Waals surface area (Å²) in [4.78, 5) is 2.73. The Morgan fingerprint density at radius 2 is 1.86 bits per heavy atom. The molecule has 1 aromatic carbocycles. The van der Waals surface area contributed by atoms with E-state index in [-0.39, 0.29) is 0 Å². The summed E-state index contributed by atoms with van der Waals surface area (Å²) in [6.07, 6.45) is 2.70. The first-order valence-electron chi connectivity index (χ1n) is 8.60. The van der Waals surface area contributed by atoms with Crippen LogP contribution in [0, 0.1) is 12.8 Å². The molecule has 1 N–H and O–H groups in total. The fourth-order valence-corrected chi connectivity index (χ4v) is 3.79. The number of likely N-dealkylation sites (tertiary alicyclic amines) is 1. The molecule has 3 unspecified atom stereocenters. The molecule has 0 amide bonds. The maximum Gasteiger partial charge on any atom is 0.0475 e. The highest BCUT2D eigenvalue weighted by molar-refractivity contribution is 5.25. The van der Waals surface area contributed by atoms with Crippen LogP contribution in [0.2, 0.25) is 0 Å². The molecule has 1 saturated heterocycles. The van der Waals surface area contributed by atoms with Crippen molar-refractivity contribution in [3.05, 3.63) is 35.4 Å². The van der Waals surface area contributed by atoms with Gasteiger partial charge in [0.15, 0.2) is 0 Å². The second-order valence-electron chi connectivity index (χ2n) is 6.88. The number of hydrogen-bond acceptors (Lipinski definition) is 2. The number of likely N-dealkylation sites (N-methyl/N-ethyl adjacent to an activating group) is 1. The van der Waals surface area contributed by atoms with Gasteiger partial charge in [-0.15, -0.1) is 0 Å². The summed E-state index contributed by atoms with van der Waals surface area (Å²) < 4.78 is 0. The van der Waals surface area contributed by atoms with Crippen molar-refractivity contribution in [3.63, 3.8) is 0 Å². The van der Waals surface area contributed by atoms with Crippen molar-refractivity contribution >= 4 is 0 Å². The van der Waals surface area contributed by atoms with Gasteiger partial charge in [-0.25, -0.2) is 0 Å². The Hall–Kier alpha value is -0.860. The predicted molar refractivity (Wildman–Crippen MR) is 91.6 cm³/mol. The summed E-state index contributed by atoms with van der Waals surface area (Å²) in [7, 11) is 0. The van der Waals surface area contributed by atoms with Crippen molar-refractivity contribution in [2.45, 2.75) is 65.6 Å². The fraction of sp³-hybridized carbons (Fsp3) is 0.684. The molecule has 1 aliphatic rings. The first-order chi connectivity index (χ1) is 10.0. The van der Waals surface area contributed by atoms with Gasteiger partial charge in [0.1, 0.15) is 0 Å².